The molecule has 28 heavy (non-hydrogen) atoms. The van der Waals surface area contributed by atoms with Gasteiger partial charge >= 0.3 is 0 Å². The van der Waals surface area contributed by atoms with Crippen molar-refractivity contribution in [3.8, 4) is 0 Å². The normalized spacial score (nSPS) is 13.3. The summed E-state index contributed by atoms with van der Waals surface area (Å²) < 4.78 is 6.20. The zero-order valence-electron chi connectivity index (χ0n) is 20.9. The van der Waals surface area contributed by atoms with Gasteiger partial charge in [0.1, 0.15) is 0 Å². The van der Waals surface area contributed by atoms with Crippen LogP contribution >= 0.6 is 0 Å². The summed E-state index contributed by atoms with van der Waals surface area (Å²) in [6.07, 6.45) is 1.29. The van der Waals surface area contributed by atoms with Gasteiger partial charge in [-0.2, -0.15) is 0 Å². The fourth-order valence-electron chi connectivity index (χ4n) is 4.64. The van der Waals surface area contributed by atoms with Crippen LogP contribution in [-0.2, 0) is 4.43 Å². The molecule has 0 aromatic rings. The predicted octanol–water partition coefficient (Wildman–Crippen LogP) is 5.02. The highest BCUT2D eigenvalue weighted by molar-refractivity contribution is 6.73. The topological polar surface area (TPSA) is 19.0 Å². The first-order chi connectivity index (χ1) is 13.4. The van der Waals surface area contributed by atoms with E-state index < -0.39 is 8.32 Å². The van der Waals surface area contributed by atoms with Crippen molar-refractivity contribution in [2.75, 3.05) is 66.0 Å². The van der Waals surface area contributed by atoms with Crippen molar-refractivity contribution in [3.63, 3.8) is 0 Å². The second-order valence-electron chi connectivity index (χ2n) is 8.48. The Hall–Kier alpha value is 0.0569. The Balaban J connectivity index is 5.88. The first-order valence-corrected chi connectivity index (χ1v) is 14.6. The highest BCUT2D eigenvalue weighted by Crippen LogP contribution is 2.34. The summed E-state index contributed by atoms with van der Waals surface area (Å²) in [5.74, 6) is 0. The molecule has 0 heterocycles. The van der Waals surface area contributed by atoms with Gasteiger partial charge < -0.3 is 19.1 Å². The van der Waals surface area contributed by atoms with E-state index in [0.29, 0.717) is 5.41 Å². The van der Waals surface area contributed by atoms with Crippen molar-refractivity contribution in [1.29, 1.82) is 0 Å². The molecule has 0 unspecified atom stereocenters. The van der Waals surface area contributed by atoms with Gasteiger partial charge in [-0.1, -0.05) is 55.4 Å². The van der Waals surface area contributed by atoms with Gasteiger partial charge in [-0.25, -0.2) is 0 Å². The first-order valence-electron chi connectivity index (χ1n) is 12.1. The Kier molecular flexibility index (Phi) is 15.0. The van der Waals surface area contributed by atoms with Gasteiger partial charge in [-0.05, 0) is 63.8 Å². The van der Waals surface area contributed by atoms with Crippen molar-refractivity contribution >= 4 is 8.32 Å². The summed E-state index contributed by atoms with van der Waals surface area (Å²) >= 11 is 0. The van der Waals surface area contributed by atoms with E-state index in [-0.39, 0.29) is 0 Å². The maximum Gasteiger partial charge on any atom is 0.191 e. The lowest BCUT2D eigenvalue weighted by atomic mass is 9.82. The van der Waals surface area contributed by atoms with E-state index in [1.807, 2.05) is 7.11 Å². The lowest BCUT2D eigenvalue weighted by Gasteiger charge is -2.45. The van der Waals surface area contributed by atoms with E-state index in [2.05, 4.69) is 70.1 Å². The van der Waals surface area contributed by atoms with Gasteiger partial charge in [0.25, 0.3) is 0 Å². The summed E-state index contributed by atoms with van der Waals surface area (Å²) in [6, 6.07) is 3.76. The molecule has 0 bridgehead atoms. The summed E-state index contributed by atoms with van der Waals surface area (Å²) in [4.78, 5) is 7.96. The van der Waals surface area contributed by atoms with Gasteiger partial charge in [-0.3, -0.25) is 0 Å². The van der Waals surface area contributed by atoms with Crippen LogP contribution in [0.1, 0.15) is 61.8 Å². The molecule has 0 atom stereocenters. The largest absolute Gasteiger partial charge is 0.420 e. The smallest absolute Gasteiger partial charge is 0.191 e. The van der Waals surface area contributed by atoms with Crippen LogP contribution in [0.5, 0.6) is 0 Å². The quantitative estimate of drug-likeness (QED) is 0.293. The fourth-order valence-corrected chi connectivity index (χ4v) is 7.61. The lowest BCUT2D eigenvalue weighted by molar-refractivity contribution is 0.0580. The average Bonchev–Trinajstić information content (AvgIpc) is 2.75. The number of rotatable bonds is 18. The van der Waals surface area contributed by atoms with E-state index in [4.69, 9.17) is 4.43 Å². The number of hydrogen-bond acceptors (Lipinski definition) is 4. The van der Waals surface area contributed by atoms with Crippen molar-refractivity contribution in [3.05, 3.63) is 0 Å². The van der Waals surface area contributed by atoms with Gasteiger partial charge in [0.05, 0.1) is 0 Å². The molecule has 170 valence electrons. The van der Waals surface area contributed by atoms with E-state index in [0.717, 1.165) is 39.3 Å². The predicted molar refractivity (Wildman–Crippen MR) is 129 cm³/mol. The molecule has 0 radical (unpaired) electrons. The molecular weight excluding hydrogens is 362 g/mol. The lowest BCUT2D eigenvalue weighted by Crippen LogP contribution is -2.53. The van der Waals surface area contributed by atoms with Crippen LogP contribution in [0, 0.1) is 5.41 Å². The van der Waals surface area contributed by atoms with E-state index in [1.165, 1.54) is 44.2 Å². The summed E-state index contributed by atoms with van der Waals surface area (Å²) in [5.41, 5.74) is 0.311. The van der Waals surface area contributed by atoms with E-state index >= 15 is 0 Å². The van der Waals surface area contributed by atoms with E-state index in [9.17, 15) is 0 Å². The van der Waals surface area contributed by atoms with Crippen LogP contribution in [0.25, 0.3) is 0 Å². The van der Waals surface area contributed by atoms with Crippen LogP contribution in [0.2, 0.25) is 18.1 Å². The van der Waals surface area contributed by atoms with E-state index in [1.54, 1.807) is 0 Å². The van der Waals surface area contributed by atoms with Crippen LogP contribution in [0.15, 0.2) is 0 Å². The SMILES string of the molecule is CCN(CC)CC(CC[Si](CC)(CC)OC)(CN(CC)CC)CN(CC)CC. The van der Waals surface area contributed by atoms with Crippen molar-refractivity contribution in [1.82, 2.24) is 14.7 Å². The molecule has 0 amide bonds. The average molecular weight is 416 g/mol. The molecule has 0 aliphatic heterocycles. The Bertz CT molecular complexity index is 321. The zero-order chi connectivity index (χ0) is 21.6. The molecule has 0 spiro atoms. The van der Waals surface area contributed by atoms with Crippen LogP contribution in [0.4, 0.5) is 0 Å². The Morgan fingerprint density at radius 3 is 1.14 bits per heavy atom. The van der Waals surface area contributed by atoms with Gasteiger partial charge in [-0.15, -0.1) is 0 Å². The maximum absolute atomic E-state index is 6.20. The molecular formula is C23H53N3OSi. The third-order valence-corrected chi connectivity index (χ3v) is 11.8. The molecule has 0 aliphatic carbocycles. The molecule has 0 rings (SSSR count). The van der Waals surface area contributed by atoms with Crippen LogP contribution in [-0.4, -0.2) is 89.0 Å². The van der Waals surface area contributed by atoms with Gasteiger partial charge in [0.2, 0.25) is 0 Å². The molecule has 0 fully saturated rings. The van der Waals surface area contributed by atoms with Crippen molar-refractivity contribution < 1.29 is 4.43 Å². The summed E-state index contributed by atoms with van der Waals surface area (Å²) in [7, 11) is 0.375. The summed E-state index contributed by atoms with van der Waals surface area (Å²) in [6.45, 7) is 29.0. The minimum Gasteiger partial charge on any atom is -0.420 e. The van der Waals surface area contributed by atoms with Crippen molar-refractivity contribution in [2.24, 2.45) is 5.41 Å². The molecule has 0 aromatic heterocycles. The monoisotopic (exact) mass is 415 g/mol. The number of hydrogen-bond donors (Lipinski definition) is 0. The molecule has 0 saturated carbocycles. The molecule has 0 aromatic carbocycles. The Morgan fingerprint density at radius 2 is 0.929 bits per heavy atom. The Labute approximate surface area is 179 Å². The molecule has 0 saturated heterocycles. The second-order valence-corrected chi connectivity index (χ2v) is 13.2. The molecule has 0 aliphatic rings. The third kappa shape index (κ3) is 8.82. The highest BCUT2D eigenvalue weighted by atomic mass is 28.4. The van der Waals surface area contributed by atoms with Crippen LogP contribution in [0.3, 0.4) is 0 Å². The maximum atomic E-state index is 6.20. The fraction of sp³-hybridized carbons (Fsp3) is 1.00. The second kappa shape index (κ2) is 14.9. The molecule has 5 heteroatoms. The van der Waals surface area contributed by atoms with Crippen LogP contribution < -0.4 is 0 Å². The van der Waals surface area contributed by atoms with Crippen molar-refractivity contribution in [2.45, 2.75) is 79.9 Å². The summed E-state index contributed by atoms with van der Waals surface area (Å²) in [5, 5.41) is 0. The van der Waals surface area contributed by atoms with Gasteiger partial charge in [0.15, 0.2) is 8.32 Å². The standard InChI is InChI=1S/C23H53N3OSi/c1-10-24(11-2)20-23(21-25(12-3)13-4,22-26(14-5)15-6)18-19-28(16-7,17-8)27-9/h10-22H2,1-9H3. The van der Waals surface area contributed by atoms with Gasteiger partial charge in [0, 0.05) is 32.2 Å². The highest BCUT2D eigenvalue weighted by Gasteiger charge is 2.39. The molecule has 4 nitrogen and oxygen atoms in total. The third-order valence-electron chi connectivity index (χ3n) is 7.19. The minimum absolute atomic E-state index is 0.311. The Morgan fingerprint density at radius 1 is 0.607 bits per heavy atom. The minimum atomic E-state index is -1.60. The first kappa shape index (κ1) is 28.1. The molecule has 0 N–H and O–H groups in total. The number of nitrogens with zero attached hydrogens (tertiary/aromatic N) is 3. The zero-order valence-corrected chi connectivity index (χ0v) is 21.9.